The fourth-order valence-electron chi connectivity index (χ4n) is 3.78. The van der Waals surface area contributed by atoms with Crippen LogP contribution in [0.15, 0.2) is 66.7 Å². The summed E-state index contributed by atoms with van der Waals surface area (Å²) in [6.45, 7) is 3.84. The Balaban J connectivity index is 1.33. The van der Waals surface area contributed by atoms with E-state index in [1.165, 1.54) is 37.1 Å². The molecule has 0 spiro atoms. The van der Waals surface area contributed by atoms with Gasteiger partial charge in [0.2, 0.25) is 0 Å². The molecule has 0 saturated carbocycles. The number of fused-ring (bicyclic) bond motifs is 1. The average Bonchev–Trinajstić information content (AvgIpc) is 3.24. The molecule has 1 fully saturated rings. The Bertz CT molecular complexity index is 943. The number of nitrogens with one attached hydrogen (secondary N) is 1. The van der Waals surface area contributed by atoms with Gasteiger partial charge in [0.05, 0.1) is 0 Å². The topological polar surface area (TPSA) is 41.6 Å². The monoisotopic (exact) mass is 374 g/mol. The maximum absolute atomic E-state index is 12.3. The van der Waals surface area contributed by atoms with E-state index in [9.17, 15) is 4.79 Å². The lowest BCUT2D eigenvalue weighted by Gasteiger charge is -2.18. The van der Waals surface area contributed by atoms with Crippen LogP contribution in [0.3, 0.4) is 0 Å². The Morgan fingerprint density at radius 2 is 1.61 bits per heavy atom. The van der Waals surface area contributed by atoms with Gasteiger partial charge in [0, 0.05) is 18.5 Å². The largest absolute Gasteiger partial charge is 0.483 e. The van der Waals surface area contributed by atoms with Crippen LogP contribution in [0.4, 0.5) is 0 Å². The quantitative estimate of drug-likeness (QED) is 0.676. The Hall–Kier alpha value is -2.85. The fourth-order valence-corrected chi connectivity index (χ4v) is 3.78. The summed E-state index contributed by atoms with van der Waals surface area (Å²) in [4.78, 5) is 14.8. The number of carbonyl (C=O) groups excluding carboxylic acids is 1. The van der Waals surface area contributed by atoms with Gasteiger partial charge >= 0.3 is 0 Å². The van der Waals surface area contributed by atoms with Gasteiger partial charge in [-0.25, -0.2) is 0 Å². The second-order valence-electron chi connectivity index (χ2n) is 7.29. The number of amides is 1. The SMILES string of the molecule is O=C(COc1cccc2ccccc12)NCc1ccccc1CN1CCCC1. The number of hydrogen-bond acceptors (Lipinski definition) is 3. The molecule has 0 radical (unpaired) electrons. The molecule has 1 saturated heterocycles. The highest BCUT2D eigenvalue weighted by molar-refractivity contribution is 5.88. The molecule has 1 amide bonds. The summed E-state index contributed by atoms with van der Waals surface area (Å²) in [6.07, 6.45) is 2.56. The first kappa shape index (κ1) is 18.5. The van der Waals surface area contributed by atoms with Gasteiger partial charge in [-0.3, -0.25) is 9.69 Å². The standard InChI is InChI=1S/C24H26N2O2/c27-24(18-28-23-13-7-11-19-8-3-4-12-22(19)23)25-16-20-9-1-2-10-21(20)17-26-14-5-6-15-26/h1-4,7-13H,5-6,14-18H2,(H,25,27). The molecule has 3 aromatic rings. The van der Waals surface area contributed by atoms with Gasteiger partial charge in [-0.1, -0.05) is 60.7 Å². The molecule has 4 rings (SSSR count). The van der Waals surface area contributed by atoms with Crippen molar-refractivity contribution in [2.75, 3.05) is 19.7 Å². The third-order valence-corrected chi connectivity index (χ3v) is 5.30. The lowest BCUT2D eigenvalue weighted by Crippen LogP contribution is -2.29. The van der Waals surface area contributed by atoms with Crippen molar-refractivity contribution in [1.29, 1.82) is 0 Å². The first-order valence-corrected chi connectivity index (χ1v) is 9.96. The van der Waals surface area contributed by atoms with Crippen LogP contribution in [-0.2, 0) is 17.9 Å². The Morgan fingerprint density at radius 3 is 2.46 bits per heavy atom. The van der Waals surface area contributed by atoms with Crippen LogP contribution in [0.2, 0.25) is 0 Å². The van der Waals surface area contributed by atoms with Crippen molar-refractivity contribution in [3.8, 4) is 5.75 Å². The van der Waals surface area contributed by atoms with Gasteiger partial charge in [-0.15, -0.1) is 0 Å². The average molecular weight is 374 g/mol. The van der Waals surface area contributed by atoms with E-state index in [0.717, 1.165) is 23.1 Å². The second kappa shape index (κ2) is 8.89. The van der Waals surface area contributed by atoms with E-state index in [1.807, 2.05) is 48.5 Å². The summed E-state index contributed by atoms with van der Waals surface area (Å²) in [6, 6.07) is 22.3. The fraction of sp³-hybridized carbons (Fsp3) is 0.292. The number of nitrogens with zero attached hydrogens (tertiary/aromatic N) is 1. The van der Waals surface area contributed by atoms with Gasteiger partial charge < -0.3 is 10.1 Å². The van der Waals surface area contributed by atoms with E-state index in [-0.39, 0.29) is 12.5 Å². The van der Waals surface area contributed by atoms with Crippen LogP contribution in [-0.4, -0.2) is 30.5 Å². The third-order valence-electron chi connectivity index (χ3n) is 5.30. The highest BCUT2D eigenvalue weighted by atomic mass is 16.5. The lowest BCUT2D eigenvalue weighted by atomic mass is 10.1. The van der Waals surface area contributed by atoms with Gasteiger partial charge in [-0.2, -0.15) is 0 Å². The van der Waals surface area contributed by atoms with Crippen molar-refractivity contribution in [3.63, 3.8) is 0 Å². The number of likely N-dealkylation sites (tertiary alicyclic amines) is 1. The van der Waals surface area contributed by atoms with Gasteiger partial charge in [0.1, 0.15) is 5.75 Å². The molecule has 3 aromatic carbocycles. The minimum atomic E-state index is -0.107. The van der Waals surface area contributed by atoms with Gasteiger partial charge in [-0.05, 0) is 48.5 Å². The highest BCUT2D eigenvalue weighted by Crippen LogP contribution is 2.25. The number of rotatable bonds is 7. The molecule has 28 heavy (non-hydrogen) atoms. The predicted octanol–water partition coefficient (Wildman–Crippen LogP) is 4.13. The molecule has 4 nitrogen and oxygen atoms in total. The van der Waals surface area contributed by atoms with E-state index >= 15 is 0 Å². The van der Waals surface area contributed by atoms with Crippen LogP contribution in [0.25, 0.3) is 10.8 Å². The summed E-state index contributed by atoms with van der Waals surface area (Å²) in [5.74, 6) is 0.631. The predicted molar refractivity (Wildman–Crippen MR) is 112 cm³/mol. The van der Waals surface area contributed by atoms with Crippen molar-refractivity contribution in [3.05, 3.63) is 77.9 Å². The van der Waals surface area contributed by atoms with Crippen molar-refractivity contribution < 1.29 is 9.53 Å². The molecular formula is C24H26N2O2. The minimum Gasteiger partial charge on any atom is -0.483 e. The highest BCUT2D eigenvalue weighted by Gasteiger charge is 2.14. The number of benzene rings is 3. The van der Waals surface area contributed by atoms with Crippen LogP contribution < -0.4 is 10.1 Å². The zero-order valence-corrected chi connectivity index (χ0v) is 16.1. The third kappa shape index (κ3) is 4.52. The van der Waals surface area contributed by atoms with Crippen LogP contribution in [0.5, 0.6) is 5.75 Å². The molecule has 0 aromatic heterocycles. The van der Waals surface area contributed by atoms with E-state index in [1.54, 1.807) is 0 Å². The zero-order valence-electron chi connectivity index (χ0n) is 16.1. The van der Waals surface area contributed by atoms with E-state index in [4.69, 9.17) is 4.74 Å². The molecule has 0 bridgehead atoms. The van der Waals surface area contributed by atoms with Gasteiger partial charge in [0.15, 0.2) is 6.61 Å². The molecular weight excluding hydrogens is 348 g/mol. The molecule has 0 unspecified atom stereocenters. The first-order chi connectivity index (χ1) is 13.8. The smallest absolute Gasteiger partial charge is 0.258 e. The Morgan fingerprint density at radius 1 is 0.893 bits per heavy atom. The van der Waals surface area contributed by atoms with Gasteiger partial charge in [0.25, 0.3) is 5.91 Å². The molecule has 1 N–H and O–H groups in total. The van der Waals surface area contributed by atoms with Crippen molar-refractivity contribution >= 4 is 16.7 Å². The van der Waals surface area contributed by atoms with Crippen LogP contribution in [0.1, 0.15) is 24.0 Å². The Kier molecular flexibility index (Phi) is 5.88. The van der Waals surface area contributed by atoms with Crippen molar-refractivity contribution in [2.24, 2.45) is 0 Å². The maximum atomic E-state index is 12.3. The summed E-state index contributed by atoms with van der Waals surface area (Å²) >= 11 is 0. The molecule has 1 aliphatic rings. The van der Waals surface area contributed by atoms with Crippen molar-refractivity contribution in [1.82, 2.24) is 10.2 Å². The van der Waals surface area contributed by atoms with Crippen molar-refractivity contribution in [2.45, 2.75) is 25.9 Å². The molecule has 0 atom stereocenters. The summed E-state index contributed by atoms with van der Waals surface area (Å²) in [7, 11) is 0. The zero-order chi connectivity index (χ0) is 19.2. The lowest BCUT2D eigenvalue weighted by molar-refractivity contribution is -0.123. The summed E-state index contributed by atoms with van der Waals surface area (Å²) in [5, 5.41) is 5.13. The molecule has 0 aliphatic carbocycles. The number of ether oxygens (including phenoxy) is 1. The van der Waals surface area contributed by atoms with Crippen LogP contribution >= 0.6 is 0 Å². The molecule has 4 heteroatoms. The normalized spacial score (nSPS) is 14.3. The van der Waals surface area contributed by atoms with E-state index in [0.29, 0.717) is 6.54 Å². The van der Waals surface area contributed by atoms with E-state index in [2.05, 4.69) is 28.4 Å². The minimum absolute atomic E-state index is 0.0162. The maximum Gasteiger partial charge on any atom is 0.258 e. The molecule has 1 heterocycles. The second-order valence-corrected chi connectivity index (χ2v) is 7.29. The Labute approximate surface area is 166 Å². The molecule has 1 aliphatic heterocycles. The van der Waals surface area contributed by atoms with Crippen LogP contribution in [0, 0.1) is 0 Å². The summed E-state index contributed by atoms with van der Waals surface area (Å²) < 4.78 is 5.79. The van der Waals surface area contributed by atoms with E-state index < -0.39 is 0 Å². The number of carbonyl (C=O) groups is 1. The summed E-state index contributed by atoms with van der Waals surface area (Å²) in [5.41, 5.74) is 2.47. The molecule has 144 valence electrons. The number of hydrogen-bond donors (Lipinski definition) is 1. The first-order valence-electron chi connectivity index (χ1n) is 9.96.